The lowest BCUT2D eigenvalue weighted by molar-refractivity contribution is -0.140. The first-order valence-electron chi connectivity index (χ1n) is 9.57. The first-order valence-corrected chi connectivity index (χ1v) is 10.6. The molecule has 30 heavy (non-hydrogen) atoms. The Balaban J connectivity index is 1.74. The molecule has 2 atom stereocenters. The van der Waals surface area contributed by atoms with Crippen LogP contribution in [-0.2, 0) is 11.3 Å². The van der Waals surface area contributed by atoms with Crippen molar-refractivity contribution >= 4 is 45.3 Å². The van der Waals surface area contributed by atoms with Gasteiger partial charge in [0.1, 0.15) is 18.3 Å². The Labute approximate surface area is 185 Å². The highest BCUT2D eigenvalue weighted by atomic mass is 127. The predicted molar refractivity (Wildman–Crippen MR) is 115 cm³/mol. The summed E-state index contributed by atoms with van der Waals surface area (Å²) >= 11 is 1.87. The smallest absolute Gasteiger partial charge is 0.410 e. The number of carbonyl (C=O) groups excluding carboxylic acids is 1. The average Bonchev–Trinajstić information content (AvgIpc) is 2.90. The molecule has 0 bridgehead atoms. The van der Waals surface area contributed by atoms with Crippen LogP contribution in [0.1, 0.15) is 27.2 Å². The zero-order chi connectivity index (χ0) is 22.3. The number of anilines is 1. The number of nitrogens with zero attached hydrogens (tertiary/aromatic N) is 2. The Morgan fingerprint density at radius 2 is 2.00 bits per heavy atom. The molecule has 1 saturated heterocycles. The van der Waals surface area contributed by atoms with Crippen LogP contribution in [0.5, 0.6) is 0 Å². The van der Waals surface area contributed by atoms with Crippen molar-refractivity contribution in [2.75, 3.05) is 18.4 Å². The van der Waals surface area contributed by atoms with Crippen LogP contribution >= 0.6 is 22.6 Å². The van der Waals surface area contributed by atoms with Crippen molar-refractivity contribution in [2.24, 2.45) is 0 Å². The predicted octanol–water partition coefficient (Wildman–Crippen LogP) is 5.57. The Morgan fingerprint density at radius 3 is 2.60 bits per heavy atom. The number of aromatic nitrogens is 1. The van der Waals surface area contributed by atoms with E-state index >= 15 is 0 Å². The first-order chi connectivity index (χ1) is 13.8. The number of rotatable bonds is 3. The van der Waals surface area contributed by atoms with E-state index in [1.54, 1.807) is 45.0 Å². The van der Waals surface area contributed by atoms with Crippen molar-refractivity contribution in [3.63, 3.8) is 0 Å². The monoisotopic (exact) mass is 541 g/mol. The van der Waals surface area contributed by atoms with Crippen LogP contribution in [-0.4, -0.2) is 52.6 Å². The minimum Gasteiger partial charge on any atom is -0.444 e. The normalized spacial score (nSPS) is 20.5. The van der Waals surface area contributed by atoms with Gasteiger partial charge < -0.3 is 19.5 Å². The number of fused-ring (bicyclic) bond motifs is 1. The number of piperidine rings is 1. The van der Waals surface area contributed by atoms with Crippen LogP contribution in [0.4, 0.5) is 28.0 Å². The van der Waals surface area contributed by atoms with Crippen molar-refractivity contribution in [1.82, 2.24) is 9.47 Å². The average molecular weight is 541 g/mol. The van der Waals surface area contributed by atoms with E-state index in [9.17, 15) is 22.4 Å². The van der Waals surface area contributed by atoms with Crippen molar-refractivity contribution in [3.05, 3.63) is 28.0 Å². The summed E-state index contributed by atoms with van der Waals surface area (Å²) in [5.74, 6) is 0. The summed E-state index contributed by atoms with van der Waals surface area (Å²) in [7, 11) is 0. The Kier molecular flexibility index (Phi) is 6.45. The molecule has 1 N–H and O–H groups in total. The molecular formula is C20H24F4IN3O2. The molecule has 1 fully saturated rings. The molecule has 166 valence electrons. The number of carbonyl (C=O) groups is 1. The van der Waals surface area contributed by atoms with Gasteiger partial charge in [-0.1, -0.05) is 6.07 Å². The topological polar surface area (TPSA) is 46.5 Å². The Bertz CT molecular complexity index is 923. The lowest BCUT2D eigenvalue weighted by Crippen LogP contribution is -2.51. The van der Waals surface area contributed by atoms with E-state index < -0.39 is 36.6 Å². The van der Waals surface area contributed by atoms with Crippen molar-refractivity contribution < 1.29 is 27.1 Å². The number of amides is 1. The Morgan fingerprint density at radius 1 is 1.30 bits per heavy atom. The number of hydrogen-bond acceptors (Lipinski definition) is 3. The molecule has 2 heterocycles. The van der Waals surface area contributed by atoms with E-state index in [0.717, 1.165) is 0 Å². The summed E-state index contributed by atoms with van der Waals surface area (Å²) in [5, 5.41) is 3.74. The highest BCUT2D eigenvalue weighted by Gasteiger charge is 2.34. The molecule has 0 saturated carbocycles. The molecule has 1 aromatic carbocycles. The molecule has 2 aromatic rings. The fourth-order valence-corrected chi connectivity index (χ4v) is 4.22. The molecule has 1 aliphatic rings. The summed E-state index contributed by atoms with van der Waals surface area (Å²) < 4.78 is 60.5. The number of halogens is 5. The molecule has 0 radical (unpaired) electrons. The molecule has 5 nitrogen and oxygen atoms in total. The highest BCUT2D eigenvalue weighted by molar-refractivity contribution is 14.1. The first kappa shape index (κ1) is 23.0. The number of likely N-dealkylation sites (tertiary alicyclic amines) is 1. The summed E-state index contributed by atoms with van der Waals surface area (Å²) in [6.07, 6.45) is -5.87. The number of nitrogens with one attached hydrogen (secondary N) is 1. The van der Waals surface area contributed by atoms with E-state index in [1.807, 2.05) is 22.6 Å². The van der Waals surface area contributed by atoms with Gasteiger partial charge >= 0.3 is 12.3 Å². The fraction of sp³-hybridized carbons (Fsp3) is 0.550. The highest BCUT2D eigenvalue weighted by Crippen LogP contribution is 2.32. The number of ether oxygens (including phenoxy) is 1. The maximum absolute atomic E-state index is 14.8. The van der Waals surface area contributed by atoms with Gasteiger partial charge in [-0.15, -0.1) is 0 Å². The largest absolute Gasteiger partial charge is 0.444 e. The second-order valence-corrected chi connectivity index (χ2v) is 9.49. The third kappa shape index (κ3) is 5.50. The number of benzene rings is 1. The molecule has 0 aliphatic carbocycles. The minimum absolute atomic E-state index is 0.102. The molecule has 1 amide bonds. The zero-order valence-corrected chi connectivity index (χ0v) is 19.1. The van der Waals surface area contributed by atoms with Crippen LogP contribution in [0.2, 0.25) is 0 Å². The van der Waals surface area contributed by atoms with Gasteiger partial charge in [-0.3, -0.25) is 0 Å². The van der Waals surface area contributed by atoms with Gasteiger partial charge in [-0.05, 0) is 68.0 Å². The van der Waals surface area contributed by atoms with E-state index in [1.165, 1.54) is 9.47 Å². The molecule has 0 spiro atoms. The summed E-state index contributed by atoms with van der Waals surface area (Å²) in [6.45, 7) is 4.39. The van der Waals surface area contributed by atoms with Gasteiger partial charge in [0.25, 0.3) is 0 Å². The summed E-state index contributed by atoms with van der Waals surface area (Å²) in [6, 6.07) is 6.09. The number of hydrogen-bond donors (Lipinski definition) is 1. The second kappa shape index (κ2) is 8.43. The van der Waals surface area contributed by atoms with Crippen molar-refractivity contribution in [3.8, 4) is 0 Å². The molecule has 1 aliphatic heterocycles. The van der Waals surface area contributed by atoms with E-state index in [2.05, 4.69) is 5.32 Å². The van der Waals surface area contributed by atoms with Crippen molar-refractivity contribution in [1.29, 1.82) is 0 Å². The van der Waals surface area contributed by atoms with Gasteiger partial charge in [-0.25, -0.2) is 9.18 Å². The van der Waals surface area contributed by atoms with Gasteiger partial charge in [0.2, 0.25) is 0 Å². The molecular weight excluding hydrogens is 517 g/mol. The van der Waals surface area contributed by atoms with Crippen LogP contribution in [0, 0.1) is 3.70 Å². The lowest BCUT2D eigenvalue weighted by atomic mass is 10.0. The zero-order valence-electron chi connectivity index (χ0n) is 16.9. The van der Waals surface area contributed by atoms with Crippen LogP contribution in [0.25, 0.3) is 10.9 Å². The third-order valence-electron chi connectivity index (χ3n) is 4.77. The maximum Gasteiger partial charge on any atom is 0.410 e. The molecule has 1 aromatic heterocycles. The summed E-state index contributed by atoms with van der Waals surface area (Å²) in [4.78, 5) is 13.5. The van der Waals surface area contributed by atoms with E-state index in [-0.39, 0.29) is 6.54 Å². The third-order valence-corrected chi connectivity index (χ3v) is 5.66. The lowest BCUT2D eigenvalue weighted by Gasteiger charge is -2.36. The fourth-order valence-electron chi connectivity index (χ4n) is 3.48. The second-order valence-electron chi connectivity index (χ2n) is 8.39. The van der Waals surface area contributed by atoms with E-state index in [0.29, 0.717) is 33.3 Å². The van der Waals surface area contributed by atoms with Crippen LogP contribution < -0.4 is 5.32 Å². The number of alkyl halides is 4. The molecule has 0 unspecified atom stereocenters. The van der Waals surface area contributed by atoms with Crippen molar-refractivity contribution in [2.45, 2.75) is 57.7 Å². The van der Waals surface area contributed by atoms with Gasteiger partial charge in [0.15, 0.2) is 0 Å². The SMILES string of the molecule is CC(C)(C)OC(=O)N1CC[C@H](Nc2cccc3c2cc(I)n3CC(F)(F)F)[C@H](F)C1. The summed E-state index contributed by atoms with van der Waals surface area (Å²) in [5.41, 5.74) is 0.349. The van der Waals surface area contributed by atoms with E-state index in [4.69, 9.17) is 4.74 Å². The standard InChI is InChI=1S/C20H24F4IN3O2/c1-19(2,3)30-18(29)27-8-7-15(13(21)10-27)26-14-5-4-6-16-12(14)9-17(25)28(16)11-20(22,23)24/h4-6,9,13,15,26H,7-8,10-11H2,1-3H3/t13-,15+/m1/s1. The minimum atomic E-state index is -4.34. The van der Waals surface area contributed by atoms with Crippen LogP contribution in [0.15, 0.2) is 24.3 Å². The molecule has 10 heteroatoms. The Hall–Kier alpha value is -1.72. The quantitative estimate of drug-likeness (QED) is 0.409. The van der Waals surface area contributed by atoms with Gasteiger partial charge in [0, 0.05) is 17.6 Å². The van der Waals surface area contributed by atoms with Gasteiger partial charge in [0.05, 0.1) is 21.8 Å². The van der Waals surface area contributed by atoms with Gasteiger partial charge in [-0.2, -0.15) is 13.2 Å². The maximum atomic E-state index is 14.8. The molecule has 3 rings (SSSR count). The van der Waals surface area contributed by atoms with Crippen LogP contribution in [0.3, 0.4) is 0 Å².